The van der Waals surface area contributed by atoms with E-state index in [0.717, 1.165) is 25.9 Å². The van der Waals surface area contributed by atoms with Gasteiger partial charge < -0.3 is 20.3 Å². The van der Waals surface area contributed by atoms with Crippen molar-refractivity contribution in [2.24, 2.45) is 5.73 Å². The van der Waals surface area contributed by atoms with Gasteiger partial charge in [-0.2, -0.15) is 0 Å². The number of hydrogen-bond acceptors (Lipinski definition) is 4. The van der Waals surface area contributed by atoms with Gasteiger partial charge in [0.25, 0.3) is 0 Å². The van der Waals surface area contributed by atoms with E-state index >= 15 is 0 Å². The van der Waals surface area contributed by atoms with Crippen LogP contribution >= 0.6 is 0 Å². The van der Waals surface area contributed by atoms with Crippen molar-refractivity contribution in [3.8, 4) is 0 Å². The molecule has 2 bridgehead atoms. The van der Waals surface area contributed by atoms with Gasteiger partial charge in [-0.3, -0.25) is 0 Å². The number of hydrogen-bond donors (Lipinski definition) is 1. The van der Waals surface area contributed by atoms with Gasteiger partial charge >= 0.3 is 6.09 Å². The highest BCUT2D eigenvalue weighted by Crippen LogP contribution is 2.35. The normalized spacial score (nSPS) is 23.5. The predicted octanol–water partition coefficient (Wildman–Crippen LogP) is 2.39. The van der Waals surface area contributed by atoms with E-state index in [1.807, 2.05) is 25.7 Å². The van der Waals surface area contributed by atoms with Crippen LogP contribution in [0.5, 0.6) is 0 Å². The summed E-state index contributed by atoms with van der Waals surface area (Å²) in [5, 5.41) is 0. The van der Waals surface area contributed by atoms with Crippen molar-refractivity contribution in [1.29, 1.82) is 0 Å². The standard InChI is InChI=1S/C18H27N3O2/c1-18(2,3)23-17(22)21-12-15-10-16(21)11-20(15)14-6-4-13(5-7-14)8-9-19/h4-7,15-16H,8-12,19H2,1-3H3. The lowest BCUT2D eigenvalue weighted by atomic mass is 10.1. The molecule has 1 amide bonds. The Morgan fingerprint density at radius 3 is 2.43 bits per heavy atom. The number of carbonyl (C=O) groups excluding carboxylic acids is 1. The van der Waals surface area contributed by atoms with E-state index in [-0.39, 0.29) is 12.1 Å². The van der Waals surface area contributed by atoms with Gasteiger partial charge in [0.2, 0.25) is 0 Å². The number of amides is 1. The van der Waals surface area contributed by atoms with E-state index in [0.29, 0.717) is 12.6 Å². The van der Waals surface area contributed by atoms with Gasteiger partial charge in [0.05, 0.1) is 6.04 Å². The number of nitrogens with two attached hydrogens (primary N) is 1. The number of likely N-dealkylation sites (tertiary alicyclic amines) is 1. The van der Waals surface area contributed by atoms with Crippen molar-refractivity contribution in [1.82, 2.24) is 4.90 Å². The summed E-state index contributed by atoms with van der Waals surface area (Å²) in [6, 6.07) is 9.30. The van der Waals surface area contributed by atoms with Crippen molar-refractivity contribution < 1.29 is 9.53 Å². The molecule has 0 aliphatic carbocycles. The molecule has 0 saturated carbocycles. The zero-order valence-corrected chi connectivity index (χ0v) is 14.3. The monoisotopic (exact) mass is 317 g/mol. The fraction of sp³-hybridized carbons (Fsp3) is 0.611. The zero-order valence-electron chi connectivity index (χ0n) is 14.3. The van der Waals surface area contributed by atoms with E-state index in [1.165, 1.54) is 11.3 Å². The molecule has 0 aromatic heterocycles. The highest BCUT2D eigenvalue weighted by atomic mass is 16.6. The molecule has 1 aromatic carbocycles. The first-order chi connectivity index (χ1) is 10.9. The number of nitrogens with zero attached hydrogens (tertiary/aromatic N) is 2. The Labute approximate surface area is 138 Å². The molecule has 0 spiro atoms. The molecule has 2 atom stereocenters. The van der Waals surface area contributed by atoms with Crippen LogP contribution in [0.1, 0.15) is 32.8 Å². The van der Waals surface area contributed by atoms with Crippen LogP contribution in [0.4, 0.5) is 10.5 Å². The Morgan fingerprint density at radius 2 is 1.91 bits per heavy atom. The van der Waals surface area contributed by atoms with Gasteiger partial charge in [-0.1, -0.05) is 12.1 Å². The minimum absolute atomic E-state index is 0.178. The average Bonchev–Trinajstić information content (AvgIpc) is 3.07. The van der Waals surface area contributed by atoms with E-state index in [9.17, 15) is 4.79 Å². The van der Waals surface area contributed by atoms with Gasteiger partial charge in [-0.25, -0.2) is 4.79 Å². The molecule has 2 N–H and O–H groups in total. The third kappa shape index (κ3) is 3.44. The number of rotatable bonds is 3. The first-order valence-electron chi connectivity index (χ1n) is 8.42. The van der Waals surface area contributed by atoms with Crippen LogP contribution in [0.2, 0.25) is 0 Å². The number of carbonyl (C=O) groups is 1. The number of piperazine rings is 1. The van der Waals surface area contributed by atoms with Crippen LogP contribution in [0.15, 0.2) is 24.3 Å². The molecular formula is C18H27N3O2. The van der Waals surface area contributed by atoms with Gasteiger partial charge in [0, 0.05) is 24.8 Å². The Bertz CT molecular complexity index is 565. The van der Waals surface area contributed by atoms with Crippen molar-refractivity contribution in [3.63, 3.8) is 0 Å². The van der Waals surface area contributed by atoms with Crippen molar-refractivity contribution in [2.75, 3.05) is 24.5 Å². The number of anilines is 1. The smallest absolute Gasteiger partial charge is 0.410 e. The molecule has 0 radical (unpaired) electrons. The molecule has 5 nitrogen and oxygen atoms in total. The van der Waals surface area contributed by atoms with Crippen LogP contribution in [0, 0.1) is 0 Å². The summed E-state index contributed by atoms with van der Waals surface area (Å²) in [6.07, 6.45) is 1.77. The summed E-state index contributed by atoms with van der Waals surface area (Å²) in [7, 11) is 0. The highest BCUT2D eigenvalue weighted by molar-refractivity contribution is 5.70. The van der Waals surface area contributed by atoms with Crippen molar-refractivity contribution >= 4 is 11.8 Å². The molecule has 2 aliphatic rings. The van der Waals surface area contributed by atoms with Crippen LogP contribution < -0.4 is 10.6 Å². The first kappa shape index (κ1) is 16.1. The van der Waals surface area contributed by atoms with Crippen LogP contribution in [0.25, 0.3) is 0 Å². The van der Waals surface area contributed by atoms with E-state index < -0.39 is 5.60 Å². The quantitative estimate of drug-likeness (QED) is 0.930. The second-order valence-corrected chi connectivity index (χ2v) is 7.53. The molecule has 5 heteroatoms. The molecule has 2 unspecified atom stereocenters. The first-order valence-corrected chi connectivity index (χ1v) is 8.42. The maximum Gasteiger partial charge on any atom is 0.410 e. The fourth-order valence-corrected chi connectivity index (χ4v) is 3.55. The lowest BCUT2D eigenvalue weighted by Gasteiger charge is -2.36. The van der Waals surface area contributed by atoms with Gasteiger partial charge in [-0.15, -0.1) is 0 Å². The molecule has 23 heavy (non-hydrogen) atoms. The SMILES string of the molecule is CC(C)(C)OC(=O)N1CC2CC1CN2c1ccc(CCN)cc1. The molecule has 2 fully saturated rings. The number of benzene rings is 1. The van der Waals surface area contributed by atoms with E-state index in [1.54, 1.807) is 0 Å². The molecule has 126 valence electrons. The van der Waals surface area contributed by atoms with Crippen molar-refractivity contribution in [3.05, 3.63) is 29.8 Å². The summed E-state index contributed by atoms with van der Waals surface area (Å²) in [4.78, 5) is 16.6. The molecule has 2 heterocycles. The van der Waals surface area contributed by atoms with E-state index in [4.69, 9.17) is 10.5 Å². The lowest BCUT2D eigenvalue weighted by Crippen LogP contribution is -2.50. The lowest BCUT2D eigenvalue weighted by molar-refractivity contribution is 0.0215. The minimum Gasteiger partial charge on any atom is -0.444 e. The highest BCUT2D eigenvalue weighted by Gasteiger charge is 2.46. The minimum atomic E-state index is -0.433. The second kappa shape index (κ2) is 6.04. The van der Waals surface area contributed by atoms with Gasteiger partial charge in [0.1, 0.15) is 5.60 Å². The summed E-state index contributed by atoms with van der Waals surface area (Å²) in [5.74, 6) is 0. The summed E-state index contributed by atoms with van der Waals surface area (Å²) < 4.78 is 5.51. The third-order valence-corrected chi connectivity index (χ3v) is 4.57. The Morgan fingerprint density at radius 1 is 1.22 bits per heavy atom. The molecule has 2 aliphatic heterocycles. The largest absolute Gasteiger partial charge is 0.444 e. The summed E-state index contributed by atoms with van der Waals surface area (Å²) >= 11 is 0. The molecule has 2 saturated heterocycles. The molecular weight excluding hydrogens is 290 g/mol. The number of fused-ring (bicyclic) bond motifs is 2. The fourth-order valence-electron chi connectivity index (χ4n) is 3.55. The van der Waals surface area contributed by atoms with E-state index in [2.05, 4.69) is 29.2 Å². The van der Waals surface area contributed by atoms with Crippen LogP contribution in [-0.4, -0.2) is 48.3 Å². The Balaban J connectivity index is 1.63. The summed E-state index contributed by atoms with van der Waals surface area (Å²) in [6.45, 7) is 8.06. The predicted molar refractivity (Wildman–Crippen MR) is 91.7 cm³/mol. The van der Waals surface area contributed by atoms with Crippen LogP contribution in [0.3, 0.4) is 0 Å². The maximum atomic E-state index is 12.3. The second-order valence-electron chi connectivity index (χ2n) is 7.53. The molecule has 1 aromatic rings. The third-order valence-electron chi connectivity index (χ3n) is 4.57. The zero-order chi connectivity index (χ0) is 16.6. The van der Waals surface area contributed by atoms with Gasteiger partial charge in [0.15, 0.2) is 0 Å². The average molecular weight is 317 g/mol. The maximum absolute atomic E-state index is 12.3. The van der Waals surface area contributed by atoms with Gasteiger partial charge in [-0.05, 0) is 57.9 Å². The summed E-state index contributed by atoms with van der Waals surface area (Å²) in [5.41, 5.74) is 7.68. The topological polar surface area (TPSA) is 58.8 Å². The molecule has 3 rings (SSSR count). The van der Waals surface area contributed by atoms with Crippen LogP contribution in [-0.2, 0) is 11.2 Å². The number of ether oxygens (including phenoxy) is 1. The Kier molecular flexibility index (Phi) is 4.23. The van der Waals surface area contributed by atoms with Crippen molar-refractivity contribution in [2.45, 2.75) is 51.3 Å². The Hall–Kier alpha value is -1.75.